The van der Waals surface area contributed by atoms with Crippen LogP contribution >= 0.6 is 0 Å². The first-order valence-electron chi connectivity index (χ1n) is 7.25. The monoisotopic (exact) mass is 304 g/mol. The van der Waals surface area contributed by atoms with E-state index >= 15 is 0 Å². The molecule has 21 heavy (non-hydrogen) atoms. The summed E-state index contributed by atoms with van der Waals surface area (Å²) >= 11 is 0. The average molecular weight is 304 g/mol. The number of anilines is 2. The van der Waals surface area contributed by atoms with Crippen LogP contribution in [0.5, 0.6) is 0 Å². The fourth-order valence-corrected chi connectivity index (χ4v) is 1.77. The van der Waals surface area contributed by atoms with Crippen LogP contribution in [0.15, 0.2) is 6.07 Å². The van der Waals surface area contributed by atoms with Gasteiger partial charge in [-0.3, -0.25) is 0 Å². The molecule has 0 atom stereocenters. The molecule has 1 N–H and O–H groups in total. The molecule has 1 heterocycles. The number of rotatable bonds is 8. The van der Waals surface area contributed by atoms with Gasteiger partial charge in [-0.05, 0) is 12.8 Å². The van der Waals surface area contributed by atoms with Crippen LogP contribution in [-0.2, 0) is 6.42 Å². The zero-order valence-corrected chi connectivity index (χ0v) is 12.8. The molecular formula is C14H23F3N4. The molecule has 4 nitrogen and oxygen atoms in total. The molecule has 0 amide bonds. The van der Waals surface area contributed by atoms with Crippen LogP contribution in [0.1, 0.15) is 38.9 Å². The van der Waals surface area contributed by atoms with Gasteiger partial charge in [0.05, 0.1) is 6.42 Å². The first kappa shape index (κ1) is 17.5. The van der Waals surface area contributed by atoms with Gasteiger partial charge in [0, 0.05) is 32.6 Å². The molecule has 0 aliphatic carbocycles. The topological polar surface area (TPSA) is 41.0 Å². The van der Waals surface area contributed by atoms with Crippen LogP contribution in [0, 0.1) is 0 Å². The third-order valence-electron chi connectivity index (χ3n) is 2.91. The van der Waals surface area contributed by atoms with Gasteiger partial charge in [-0.25, -0.2) is 9.97 Å². The Kier molecular flexibility index (Phi) is 6.71. The van der Waals surface area contributed by atoms with Crippen molar-refractivity contribution in [1.29, 1.82) is 0 Å². The molecule has 1 rings (SSSR count). The quantitative estimate of drug-likeness (QED) is 0.796. The Morgan fingerprint density at radius 1 is 1.19 bits per heavy atom. The molecule has 1 aromatic heterocycles. The highest BCUT2D eigenvalue weighted by atomic mass is 19.4. The van der Waals surface area contributed by atoms with Crippen molar-refractivity contribution in [1.82, 2.24) is 9.97 Å². The van der Waals surface area contributed by atoms with E-state index in [1.807, 2.05) is 13.8 Å². The van der Waals surface area contributed by atoms with Crippen LogP contribution in [0.2, 0.25) is 0 Å². The Bertz CT molecular complexity index is 435. The van der Waals surface area contributed by atoms with E-state index in [-0.39, 0.29) is 6.54 Å². The number of halogens is 3. The highest BCUT2D eigenvalue weighted by Gasteiger charge is 2.27. The van der Waals surface area contributed by atoms with Gasteiger partial charge in [-0.2, -0.15) is 13.2 Å². The summed E-state index contributed by atoms with van der Waals surface area (Å²) in [6, 6.07) is 1.70. The second-order valence-corrected chi connectivity index (χ2v) is 4.99. The third kappa shape index (κ3) is 6.64. The van der Waals surface area contributed by atoms with E-state index in [1.165, 1.54) is 4.90 Å². The number of hydrogen-bond donors (Lipinski definition) is 1. The molecular weight excluding hydrogens is 281 g/mol. The number of hydrogen-bond acceptors (Lipinski definition) is 4. The second-order valence-electron chi connectivity index (χ2n) is 4.99. The van der Waals surface area contributed by atoms with E-state index in [0.29, 0.717) is 23.9 Å². The number of alkyl halides is 3. The maximum absolute atomic E-state index is 12.3. The summed E-state index contributed by atoms with van der Waals surface area (Å²) in [5.74, 6) is 1.85. The highest BCUT2D eigenvalue weighted by Crippen LogP contribution is 2.22. The first-order valence-corrected chi connectivity index (χ1v) is 7.25. The van der Waals surface area contributed by atoms with Gasteiger partial charge < -0.3 is 10.2 Å². The molecule has 0 aromatic carbocycles. The highest BCUT2D eigenvalue weighted by molar-refractivity contribution is 5.49. The summed E-state index contributed by atoms with van der Waals surface area (Å²) in [6.07, 6.45) is -2.46. The normalized spacial score (nSPS) is 11.5. The minimum Gasteiger partial charge on any atom is -0.370 e. The van der Waals surface area contributed by atoms with Crippen molar-refractivity contribution in [3.63, 3.8) is 0 Å². The lowest BCUT2D eigenvalue weighted by Crippen LogP contribution is -2.25. The van der Waals surface area contributed by atoms with E-state index in [9.17, 15) is 13.2 Å². The Hall–Kier alpha value is -1.53. The van der Waals surface area contributed by atoms with Crippen LogP contribution in [0.25, 0.3) is 0 Å². The van der Waals surface area contributed by atoms with Crippen molar-refractivity contribution >= 4 is 11.6 Å². The second kappa shape index (κ2) is 8.05. The van der Waals surface area contributed by atoms with Crippen LogP contribution in [0.4, 0.5) is 24.8 Å². The number of nitrogens with one attached hydrogen (secondary N) is 1. The molecule has 0 radical (unpaired) electrons. The van der Waals surface area contributed by atoms with E-state index in [2.05, 4.69) is 15.3 Å². The third-order valence-corrected chi connectivity index (χ3v) is 2.91. The number of nitrogens with zero attached hydrogens (tertiary/aromatic N) is 3. The summed E-state index contributed by atoms with van der Waals surface area (Å²) in [6.45, 7) is 4.72. The predicted octanol–water partition coefficient (Wildman–Crippen LogP) is 3.64. The molecule has 0 unspecified atom stereocenters. The van der Waals surface area contributed by atoms with Gasteiger partial charge in [0.25, 0.3) is 0 Å². The predicted molar refractivity (Wildman–Crippen MR) is 78.7 cm³/mol. The summed E-state index contributed by atoms with van der Waals surface area (Å²) in [5.41, 5.74) is 0. The summed E-state index contributed by atoms with van der Waals surface area (Å²) in [5, 5.41) is 3.16. The van der Waals surface area contributed by atoms with Crippen LogP contribution in [0.3, 0.4) is 0 Å². The Morgan fingerprint density at radius 2 is 1.90 bits per heavy atom. The number of aromatic nitrogens is 2. The fourth-order valence-electron chi connectivity index (χ4n) is 1.77. The van der Waals surface area contributed by atoms with Crippen molar-refractivity contribution in [3.05, 3.63) is 11.9 Å². The van der Waals surface area contributed by atoms with Crippen molar-refractivity contribution < 1.29 is 13.2 Å². The van der Waals surface area contributed by atoms with E-state index in [0.717, 1.165) is 19.4 Å². The zero-order chi connectivity index (χ0) is 15.9. The van der Waals surface area contributed by atoms with E-state index in [1.54, 1.807) is 13.1 Å². The molecule has 0 saturated heterocycles. The molecule has 0 aliphatic rings. The lowest BCUT2D eigenvalue weighted by atomic mass is 10.3. The molecule has 0 saturated carbocycles. The van der Waals surface area contributed by atoms with E-state index < -0.39 is 12.6 Å². The smallest absolute Gasteiger partial charge is 0.370 e. The number of aryl methyl sites for hydroxylation is 1. The Morgan fingerprint density at radius 3 is 2.48 bits per heavy atom. The van der Waals surface area contributed by atoms with Crippen molar-refractivity contribution in [2.75, 3.05) is 30.4 Å². The molecule has 1 aromatic rings. The van der Waals surface area contributed by atoms with Gasteiger partial charge in [0.15, 0.2) is 0 Å². The molecule has 0 fully saturated rings. The zero-order valence-electron chi connectivity index (χ0n) is 12.8. The maximum Gasteiger partial charge on any atom is 0.390 e. The van der Waals surface area contributed by atoms with Crippen molar-refractivity contribution in [2.45, 2.75) is 45.7 Å². The average Bonchev–Trinajstić information content (AvgIpc) is 2.42. The lowest BCUT2D eigenvalue weighted by molar-refractivity contribution is -0.132. The maximum atomic E-state index is 12.3. The lowest BCUT2D eigenvalue weighted by Gasteiger charge is -2.20. The minimum atomic E-state index is -4.16. The summed E-state index contributed by atoms with van der Waals surface area (Å²) < 4.78 is 36.9. The first-order chi connectivity index (χ1) is 9.85. The molecule has 0 bridgehead atoms. The van der Waals surface area contributed by atoms with Crippen LogP contribution in [-0.4, -0.2) is 36.3 Å². The van der Waals surface area contributed by atoms with Gasteiger partial charge >= 0.3 is 6.18 Å². The molecule has 0 spiro atoms. The summed E-state index contributed by atoms with van der Waals surface area (Å²) in [4.78, 5) is 10.2. The molecule has 0 aliphatic heterocycles. The Balaban J connectivity index is 2.84. The fraction of sp³-hybridized carbons (Fsp3) is 0.714. The van der Waals surface area contributed by atoms with Gasteiger partial charge in [0.1, 0.15) is 17.5 Å². The van der Waals surface area contributed by atoms with Crippen molar-refractivity contribution in [3.8, 4) is 0 Å². The van der Waals surface area contributed by atoms with Gasteiger partial charge in [-0.1, -0.05) is 13.8 Å². The minimum absolute atomic E-state index is 0.112. The SMILES string of the molecule is CCCNc1cc(N(C)CCC(F)(F)F)nc(CCC)n1. The van der Waals surface area contributed by atoms with Gasteiger partial charge in [0.2, 0.25) is 0 Å². The standard InChI is InChI=1S/C14H23F3N4/c1-4-6-11-19-12(18-8-5-2)10-13(20-11)21(3)9-7-14(15,16)17/h10H,4-9H2,1-3H3,(H,18,19,20). The molecule has 120 valence electrons. The van der Waals surface area contributed by atoms with Crippen molar-refractivity contribution in [2.24, 2.45) is 0 Å². The van der Waals surface area contributed by atoms with E-state index in [4.69, 9.17) is 0 Å². The Labute approximate surface area is 123 Å². The summed E-state index contributed by atoms with van der Waals surface area (Å²) in [7, 11) is 1.62. The largest absolute Gasteiger partial charge is 0.390 e. The molecule has 7 heteroatoms. The van der Waals surface area contributed by atoms with Crippen LogP contribution < -0.4 is 10.2 Å². The van der Waals surface area contributed by atoms with Gasteiger partial charge in [-0.15, -0.1) is 0 Å².